The van der Waals surface area contributed by atoms with Crippen LogP contribution in [-0.2, 0) is 10.2 Å². The number of carbonyl (C=O) groups is 1. The second kappa shape index (κ2) is 5.51. The number of anilines is 1. The van der Waals surface area contributed by atoms with Crippen LogP contribution in [0.25, 0.3) is 0 Å². The van der Waals surface area contributed by atoms with E-state index < -0.39 is 16.9 Å². The average Bonchev–Trinajstić information content (AvgIpc) is 3.34. The number of piperidine rings is 1. The van der Waals surface area contributed by atoms with E-state index in [4.69, 9.17) is 0 Å². The van der Waals surface area contributed by atoms with E-state index in [1.165, 1.54) is 12.8 Å². The van der Waals surface area contributed by atoms with Crippen molar-refractivity contribution in [3.8, 4) is 6.07 Å². The monoisotopic (exact) mass is 432 g/mol. The van der Waals surface area contributed by atoms with Crippen LogP contribution in [0.2, 0.25) is 0 Å². The van der Waals surface area contributed by atoms with Crippen molar-refractivity contribution in [3.63, 3.8) is 0 Å². The highest BCUT2D eigenvalue weighted by Crippen LogP contribution is 2.52. The molecule has 2 aliphatic carbocycles. The number of rotatable bonds is 2. The van der Waals surface area contributed by atoms with Crippen molar-refractivity contribution in [2.24, 2.45) is 11.8 Å². The Labute approximate surface area is 166 Å². The zero-order valence-corrected chi connectivity index (χ0v) is 17.1. The zero-order chi connectivity index (χ0) is 19.1. The van der Waals surface area contributed by atoms with Gasteiger partial charge in [0.15, 0.2) is 0 Å². The summed E-state index contributed by atoms with van der Waals surface area (Å²) >= 11 is 3.20. The highest BCUT2D eigenvalue weighted by molar-refractivity contribution is 9.10. The molecule has 4 aliphatic rings. The van der Waals surface area contributed by atoms with Crippen LogP contribution in [0.15, 0.2) is 10.5 Å². The molecular weight excluding hydrogens is 411 g/mol. The first-order valence-corrected chi connectivity index (χ1v) is 10.4. The van der Waals surface area contributed by atoms with E-state index in [1.807, 2.05) is 0 Å². The molecule has 1 aromatic heterocycles. The minimum absolute atomic E-state index is 0.0336. The Kier molecular flexibility index (Phi) is 3.59. The number of hydrogen-bond donors (Lipinski definition) is 0. The Morgan fingerprint density at radius 2 is 2.11 bits per heavy atom. The van der Waals surface area contributed by atoms with E-state index in [9.17, 15) is 14.4 Å². The summed E-state index contributed by atoms with van der Waals surface area (Å²) in [6.07, 6.45) is 3.79. The third kappa shape index (κ3) is 2.35. The number of halogens is 2. The predicted molar refractivity (Wildman–Crippen MR) is 102 cm³/mol. The van der Waals surface area contributed by atoms with Crippen molar-refractivity contribution >= 4 is 27.5 Å². The first-order valence-electron chi connectivity index (χ1n) is 9.63. The van der Waals surface area contributed by atoms with Gasteiger partial charge in [0, 0.05) is 25.4 Å². The smallest absolute Gasteiger partial charge is 0.239 e. The van der Waals surface area contributed by atoms with Crippen molar-refractivity contribution in [3.05, 3.63) is 22.2 Å². The third-order valence-corrected chi connectivity index (χ3v) is 7.69. The van der Waals surface area contributed by atoms with E-state index in [0.717, 1.165) is 24.9 Å². The second-order valence-corrected chi connectivity index (χ2v) is 9.98. The number of carbonyl (C=O) groups excluding carboxylic acids is 1. The van der Waals surface area contributed by atoms with Gasteiger partial charge < -0.3 is 4.90 Å². The van der Waals surface area contributed by atoms with Gasteiger partial charge in [0.05, 0.1) is 27.3 Å². The standard InChI is InChI=1S/C20H22BrFN4O/c1-19(2)16-15(6-14(21)17(22)24-16)26(18(19)27)13-7-20(8-13,10-23)25-4-3-11-5-12(11)9-25/h6,11-13H,3-5,7-9H2,1-2H3/t11?,12?,13-,20+. The second-order valence-electron chi connectivity index (χ2n) is 9.12. The molecule has 0 spiro atoms. The summed E-state index contributed by atoms with van der Waals surface area (Å²) in [4.78, 5) is 21.3. The fourth-order valence-corrected chi connectivity index (χ4v) is 5.58. The maximum Gasteiger partial charge on any atom is 0.239 e. The number of hydrogen-bond acceptors (Lipinski definition) is 4. The van der Waals surface area contributed by atoms with Crippen LogP contribution in [0.5, 0.6) is 0 Å². The van der Waals surface area contributed by atoms with Crippen molar-refractivity contribution in [1.82, 2.24) is 9.88 Å². The molecule has 0 bridgehead atoms. The third-order valence-electron chi connectivity index (χ3n) is 7.14. The lowest BCUT2D eigenvalue weighted by atomic mass is 9.70. The van der Waals surface area contributed by atoms with Gasteiger partial charge in [-0.25, -0.2) is 4.98 Å². The fourth-order valence-electron chi connectivity index (χ4n) is 5.27. The summed E-state index contributed by atoms with van der Waals surface area (Å²) in [6.45, 7) is 5.58. The Balaban J connectivity index is 1.43. The van der Waals surface area contributed by atoms with Crippen LogP contribution in [0.1, 0.15) is 45.2 Å². The first-order chi connectivity index (χ1) is 12.8. The number of amides is 1. The van der Waals surface area contributed by atoms with Crippen LogP contribution >= 0.6 is 15.9 Å². The molecule has 7 heteroatoms. The summed E-state index contributed by atoms with van der Waals surface area (Å²) in [5.74, 6) is 0.988. The van der Waals surface area contributed by atoms with Gasteiger partial charge in [-0.2, -0.15) is 9.65 Å². The van der Waals surface area contributed by atoms with Gasteiger partial charge in [-0.15, -0.1) is 0 Å². The van der Waals surface area contributed by atoms with Gasteiger partial charge in [0.2, 0.25) is 11.9 Å². The van der Waals surface area contributed by atoms with Gasteiger partial charge >= 0.3 is 0 Å². The molecular formula is C20H22BrFN4O. The molecule has 5 nitrogen and oxygen atoms in total. The van der Waals surface area contributed by atoms with Crippen molar-refractivity contribution in [2.45, 2.75) is 56.5 Å². The number of likely N-dealkylation sites (tertiary alicyclic amines) is 1. The van der Waals surface area contributed by atoms with Crippen LogP contribution < -0.4 is 4.90 Å². The molecule has 27 heavy (non-hydrogen) atoms. The van der Waals surface area contributed by atoms with Gasteiger partial charge in [0.25, 0.3) is 0 Å². The van der Waals surface area contributed by atoms with E-state index in [1.54, 1.807) is 24.8 Å². The van der Waals surface area contributed by atoms with Crippen molar-refractivity contribution < 1.29 is 9.18 Å². The van der Waals surface area contributed by atoms with E-state index in [2.05, 4.69) is 31.9 Å². The molecule has 1 amide bonds. The molecule has 3 fully saturated rings. The first kappa shape index (κ1) is 17.6. The van der Waals surface area contributed by atoms with Crippen LogP contribution in [0.3, 0.4) is 0 Å². The molecule has 2 atom stereocenters. The number of fused-ring (bicyclic) bond motifs is 2. The molecule has 1 saturated heterocycles. The molecule has 5 rings (SSSR count). The van der Waals surface area contributed by atoms with Crippen LogP contribution in [-0.4, -0.2) is 40.5 Å². The molecule has 0 aromatic carbocycles. The molecule has 2 aliphatic heterocycles. The lowest BCUT2D eigenvalue weighted by Gasteiger charge is -2.53. The average molecular weight is 433 g/mol. The highest BCUT2D eigenvalue weighted by Gasteiger charge is 2.58. The maximum atomic E-state index is 14.0. The minimum atomic E-state index is -0.853. The summed E-state index contributed by atoms with van der Waals surface area (Å²) in [5, 5.41) is 9.93. The summed E-state index contributed by atoms with van der Waals surface area (Å²) in [6, 6.07) is 4.19. The van der Waals surface area contributed by atoms with Crippen molar-refractivity contribution in [2.75, 3.05) is 18.0 Å². The van der Waals surface area contributed by atoms with Crippen LogP contribution in [0.4, 0.5) is 10.1 Å². The number of pyridine rings is 1. The molecule has 2 unspecified atom stereocenters. The van der Waals surface area contributed by atoms with Gasteiger partial charge in [-0.1, -0.05) is 0 Å². The van der Waals surface area contributed by atoms with Gasteiger partial charge in [-0.3, -0.25) is 9.69 Å². The quantitative estimate of drug-likeness (QED) is 0.672. The summed E-state index contributed by atoms with van der Waals surface area (Å²) in [7, 11) is 0. The largest absolute Gasteiger partial charge is 0.306 e. The zero-order valence-electron chi connectivity index (χ0n) is 15.5. The molecule has 1 aromatic rings. The molecule has 2 saturated carbocycles. The Bertz CT molecular complexity index is 889. The predicted octanol–water partition coefficient (Wildman–Crippen LogP) is 3.37. The topological polar surface area (TPSA) is 60.2 Å². The van der Waals surface area contributed by atoms with E-state index in [0.29, 0.717) is 24.2 Å². The maximum absolute atomic E-state index is 14.0. The number of nitrogens with zero attached hydrogens (tertiary/aromatic N) is 4. The van der Waals surface area contributed by atoms with Crippen LogP contribution in [0, 0.1) is 29.1 Å². The lowest BCUT2D eigenvalue weighted by molar-refractivity contribution is -0.123. The lowest BCUT2D eigenvalue weighted by Crippen LogP contribution is -2.65. The minimum Gasteiger partial charge on any atom is -0.306 e. The Morgan fingerprint density at radius 1 is 1.37 bits per heavy atom. The van der Waals surface area contributed by atoms with Gasteiger partial charge in [0.1, 0.15) is 5.54 Å². The summed E-state index contributed by atoms with van der Waals surface area (Å²) in [5.41, 5.74) is -0.151. The molecule has 3 heterocycles. The number of nitriles is 1. The summed E-state index contributed by atoms with van der Waals surface area (Å²) < 4.78 is 14.3. The van der Waals surface area contributed by atoms with E-state index in [-0.39, 0.29) is 16.4 Å². The van der Waals surface area contributed by atoms with Crippen molar-refractivity contribution in [1.29, 1.82) is 5.26 Å². The number of aromatic nitrogens is 1. The molecule has 0 radical (unpaired) electrons. The Morgan fingerprint density at radius 3 is 2.78 bits per heavy atom. The normalized spacial score (nSPS) is 36.6. The molecule has 0 N–H and O–H groups in total. The fraction of sp³-hybridized carbons (Fsp3) is 0.650. The molecule has 142 valence electrons. The van der Waals surface area contributed by atoms with E-state index >= 15 is 0 Å². The van der Waals surface area contributed by atoms with Gasteiger partial charge in [-0.05, 0) is 67.1 Å². The highest BCUT2D eigenvalue weighted by atomic mass is 79.9. The Hall–Kier alpha value is -1.52. The SMILES string of the molecule is CC1(C)C(=O)N([C@H]2C[C@@](C#N)(N3CCC4CC4C3)C2)c2cc(Br)c(F)nc21.